The van der Waals surface area contributed by atoms with Crippen LogP contribution in [0.3, 0.4) is 0 Å². The summed E-state index contributed by atoms with van der Waals surface area (Å²) in [6.45, 7) is 3.80. The molecule has 1 saturated heterocycles. The van der Waals surface area contributed by atoms with Crippen molar-refractivity contribution in [2.24, 2.45) is 7.05 Å². The van der Waals surface area contributed by atoms with E-state index in [2.05, 4.69) is 20.3 Å². The minimum absolute atomic E-state index is 0.0829. The van der Waals surface area contributed by atoms with Crippen molar-refractivity contribution in [3.8, 4) is 28.7 Å². The summed E-state index contributed by atoms with van der Waals surface area (Å²) in [5.41, 5.74) is 0.382. The zero-order valence-electron chi connectivity index (χ0n) is 26.0. The van der Waals surface area contributed by atoms with Crippen LogP contribution in [-0.2, 0) is 7.05 Å². The molecule has 244 valence electrons. The average Bonchev–Trinajstić information content (AvgIpc) is 3.38. The van der Waals surface area contributed by atoms with E-state index in [0.29, 0.717) is 34.8 Å². The normalized spacial score (nSPS) is 13.4. The highest BCUT2D eigenvalue weighted by molar-refractivity contribution is 6.01. The van der Waals surface area contributed by atoms with Crippen molar-refractivity contribution in [1.29, 1.82) is 0 Å². The van der Waals surface area contributed by atoms with Crippen molar-refractivity contribution in [1.82, 2.24) is 24.2 Å². The van der Waals surface area contributed by atoms with E-state index in [0.717, 1.165) is 41.4 Å². The van der Waals surface area contributed by atoms with Gasteiger partial charge < -0.3 is 24.4 Å². The molecule has 0 radical (unpaired) electrons. The van der Waals surface area contributed by atoms with Crippen LogP contribution >= 0.6 is 0 Å². The van der Waals surface area contributed by atoms with Crippen LogP contribution in [0.15, 0.2) is 71.7 Å². The zero-order valence-corrected chi connectivity index (χ0v) is 26.0. The van der Waals surface area contributed by atoms with Crippen LogP contribution in [0.25, 0.3) is 16.6 Å². The smallest absolute Gasteiger partial charge is 0.350 e. The molecule has 0 aliphatic carbocycles. The molecule has 1 aliphatic rings. The standard InChI is InChI=1S/C34H34F2N6O5/c1-40-32(39-42(34(40)44)24-10-7-22(35)8-11-24)33(43)38-23-9-12-29(26(36)19-23)47-28-13-14-37-27-21-31(30(45-2)20-25(27)28)46-18-6-17-41-15-4-3-5-16-41/h7-14,19-21H,3-6,15-18H2,1-2H3,(H,38,43). The van der Waals surface area contributed by atoms with Crippen LogP contribution in [0.5, 0.6) is 23.0 Å². The van der Waals surface area contributed by atoms with Crippen LogP contribution in [0.2, 0.25) is 0 Å². The third-order valence-electron chi connectivity index (χ3n) is 7.98. The first kappa shape index (κ1) is 31.7. The first-order chi connectivity index (χ1) is 22.8. The second kappa shape index (κ2) is 14.0. The number of methoxy groups -OCH3 is 1. The number of anilines is 1. The molecule has 11 nitrogen and oxygen atoms in total. The van der Waals surface area contributed by atoms with Crippen LogP contribution < -0.4 is 25.2 Å². The number of nitrogens with one attached hydrogen (secondary N) is 1. The molecule has 0 atom stereocenters. The molecule has 0 bridgehead atoms. The molecule has 1 aliphatic heterocycles. The number of aromatic nitrogens is 4. The van der Waals surface area contributed by atoms with Crippen molar-refractivity contribution in [2.75, 3.05) is 38.7 Å². The van der Waals surface area contributed by atoms with E-state index >= 15 is 4.39 Å². The number of nitrogens with zero attached hydrogens (tertiary/aromatic N) is 5. The van der Waals surface area contributed by atoms with Crippen molar-refractivity contribution in [3.63, 3.8) is 0 Å². The van der Waals surface area contributed by atoms with E-state index in [1.807, 2.05) is 0 Å². The van der Waals surface area contributed by atoms with Crippen LogP contribution in [0.4, 0.5) is 14.5 Å². The molecule has 5 aromatic rings. The molecule has 3 aromatic carbocycles. The third kappa shape index (κ3) is 7.09. The van der Waals surface area contributed by atoms with Gasteiger partial charge in [-0.15, -0.1) is 5.10 Å². The van der Waals surface area contributed by atoms with Crippen molar-refractivity contribution in [2.45, 2.75) is 25.7 Å². The van der Waals surface area contributed by atoms with Gasteiger partial charge in [0.2, 0.25) is 5.82 Å². The lowest BCUT2D eigenvalue weighted by molar-refractivity contribution is 0.101. The van der Waals surface area contributed by atoms with Crippen LogP contribution in [-0.4, -0.2) is 63.5 Å². The fourth-order valence-corrected chi connectivity index (χ4v) is 5.50. The molecule has 3 heterocycles. The number of fused-ring (bicyclic) bond motifs is 1. The second-order valence-corrected chi connectivity index (χ2v) is 11.2. The number of halogens is 2. The summed E-state index contributed by atoms with van der Waals surface area (Å²) >= 11 is 0. The van der Waals surface area contributed by atoms with Crippen LogP contribution in [0, 0.1) is 11.6 Å². The average molecular weight is 645 g/mol. The Kier molecular flexibility index (Phi) is 9.43. The van der Waals surface area contributed by atoms with E-state index in [1.165, 1.54) is 62.7 Å². The highest BCUT2D eigenvalue weighted by Crippen LogP contribution is 2.38. The van der Waals surface area contributed by atoms with Crippen molar-refractivity contribution in [3.05, 3.63) is 94.8 Å². The maximum Gasteiger partial charge on any atom is 0.350 e. The van der Waals surface area contributed by atoms with Gasteiger partial charge in [-0.3, -0.25) is 14.3 Å². The molecule has 2 aromatic heterocycles. The highest BCUT2D eigenvalue weighted by Gasteiger charge is 2.20. The predicted octanol–water partition coefficient (Wildman–Crippen LogP) is 5.71. The molecule has 0 unspecified atom stereocenters. The number of likely N-dealkylation sites (tertiary alicyclic amines) is 1. The molecule has 47 heavy (non-hydrogen) atoms. The molecule has 13 heteroatoms. The fourth-order valence-electron chi connectivity index (χ4n) is 5.50. The van der Waals surface area contributed by atoms with E-state index in [-0.39, 0.29) is 22.9 Å². The Balaban J connectivity index is 1.14. The number of piperidine rings is 1. The number of rotatable bonds is 11. The summed E-state index contributed by atoms with van der Waals surface area (Å²) in [5.74, 6) is -0.841. The van der Waals surface area contributed by atoms with Gasteiger partial charge in [0.1, 0.15) is 11.6 Å². The van der Waals surface area contributed by atoms with Crippen LogP contribution in [0.1, 0.15) is 36.3 Å². The first-order valence-electron chi connectivity index (χ1n) is 15.3. The number of ether oxygens (including phenoxy) is 3. The number of pyridine rings is 1. The van der Waals surface area contributed by atoms with E-state index in [9.17, 15) is 14.0 Å². The lowest BCUT2D eigenvalue weighted by atomic mass is 10.1. The SMILES string of the molecule is COc1cc2c(Oc3ccc(NC(=O)c4nn(-c5ccc(F)cc5)c(=O)n4C)cc3F)ccnc2cc1OCCCN1CCCCC1. The van der Waals surface area contributed by atoms with Crippen molar-refractivity contribution >= 4 is 22.5 Å². The topological polar surface area (TPSA) is 113 Å². The van der Waals surface area contributed by atoms with Gasteiger partial charge in [-0.25, -0.2) is 13.6 Å². The number of hydrogen-bond donors (Lipinski definition) is 1. The lowest BCUT2D eigenvalue weighted by Crippen LogP contribution is -2.31. The second-order valence-electron chi connectivity index (χ2n) is 11.2. The molecular weight excluding hydrogens is 610 g/mol. The Hall–Kier alpha value is -5.30. The molecule has 0 spiro atoms. The lowest BCUT2D eigenvalue weighted by Gasteiger charge is -2.26. The van der Waals surface area contributed by atoms with Gasteiger partial charge in [-0.1, -0.05) is 6.42 Å². The molecule has 1 N–H and O–H groups in total. The number of carbonyl (C=O) groups excluding carboxylic acids is 1. The Bertz CT molecular complexity index is 1950. The zero-order chi connectivity index (χ0) is 32.9. The van der Waals surface area contributed by atoms with E-state index < -0.39 is 23.2 Å². The summed E-state index contributed by atoms with van der Waals surface area (Å²) in [7, 11) is 2.93. The summed E-state index contributed by atoms with van der Waals surface area (Å²) < 4.78 is 48.2. The minimum Gasteiger partial charge on any atom is -0.493 e. The molecule has 0 saturated carbocycles. The maximum atomic E-state index is 15.3. The van der Waals surface area contributed by atoms with Gasteiger partial charge in [0, 0.05) is 43.0 Å². The van der Waals surface area contributed by atoms with Gasteiger partial charge in [-0.2, -0.15) is 4.68 Å². The largest absolute Gasteiger partial charge is 0.493 e. The quantitative estimate of drug-likeness (QED) is 0.182. The highest BCUT2D eigenvalue weighted by atomic mass is 19.1. The Morgan fingerprint density at radius 3 is 2.47 bits per heavy atom. The third-order valence-corrected chi connectivity index (χ3v) is 7.98. The summed E-state index contributed by atoms with van der Waals surface area (Å²) in [4.78, 5) is 32.5. The van der Waals surface area contributed by atoms with Gasteiger partial charge in [0.25, 0.3) is 5.91 Å². The number of hydrogen-bond acceptors (Lipinski definition) is 8. The molecule has 1 amide bonds. The number of carbonyl (C=O) groups is 1. The fraction of sp³-hybridized carbons (Fsp3) is 0.294. The van der Waals surface area contributed by atoms with E-state index in [4.69, 9.17) is 14.2 Å². The summed E-state index contributed by atoms with van der Waals surface area (Å²) in [6, 6.07) is 14.2. The summed E-state index contributed by atoms with van der Waals surface area (Å²) in [6.07, 6.45) is 6.25. The van der Waals surface area contributed by atoms with Gasteiger partial charge in [-0.05, 0) is 80.9 Å². The minimum atomic E-state index is -0.740. The van der Waals surface area contributed by atoms with E-state index in [1.54, 1.807) is 31.5 Å². The Morgan fingerprint density at radius 1 is 0.936 bits per heavy atom. The Morgan fingerprint density at radius 2 is 1.72 bits per heavy atom. The number of amides is 1. The first-order valence-corrected chi connectivity index (χ1v) is 15.3. The predicted molar refractivity (Wildman–Crippen MR) is 172 cm³/mol. The van der Waals surface area contributed by atoms with Gasteiger partial charge in [0.15, 0.2) is 23.1 Å². The van der Waals surface area contributed by atoms with Crippen molar-refractivity contribution < 1.29 is 27.8 Å². The monoisotopic (exact) mass is 644 g/mol. The summed E-state index contributed by atoms with van der Waals surface area (Å²) in [5, 5.41) is 7.22. The maximum absolute atomic E-state index is 15.3. The molecular formula is C34H34F2N6O5. The van der Waals surface area contributed by atoms with Gasteiger partial charge >= 0.3 is 5.69 Å². The number of benzene rings is 3. The molecule has 6 rings (SSSR count). The van der Waals surface area contributed by atoms with Gasteiger partial charge in [0.05, 0.1) is 24.9 Å². The Labute approximate surface area is 269 Å². The molecule has 1 fully saturated rings.